The average molecular weight is 345 g/mol. The SMILES string of the molecule is Cc1nc(N2CCCCC2)ncc1C(=O)NCc1cccc(Cl)c1. The van der Waals surface area contributed by atoms with Crippen LogP contribution in [0.4, 0.5) is 5.95 Å². The molecule has 1 fully saturated rings. The minimum atomic E-state index is -0.169. The van der Waals surface area contributed by atoms with Crippen LogP contribution in [0.15, 0.2) is 30.5 Å². The van der Waals surface area contributed by atoms with Crippen molar-refractivity contribution in [3.05, 3.63) is 52.3 Å². The molecule has 126 valence electrons. The lowest BCUT2D eigenvalue weighted by molar-refractivity contribution is 0.0949. The first-order valence-electron chi connectivity index (χ1n) is 8.25. The molecule has 1 aliphatic rings. The van der Waals surface area contributed by atoms with Gasteiger partial charge in [-0.15, -0.1) is 0 Å². The molecule has 0 aliphatic carbocycles. The molecule has 1 aliphatic heterocycles. The quantitative estimate of drug-likeness (QED) is 0.924. The molecule has 0 saturated carbocycles. The highest BCUT2D eigenvalue weighted by Gasteiger charge is 2.16. The average Bonchev–Trinajstić information content (AvgIpc) is 2.60. The van der Waals surface area contributed by atoms with Crippen molar-refractivity contribution in [2.75, 3.05) is 18.0 Å². The van der Waals surface area contributed by atoms with Gasteiger partial charge < -0.3 is 10.2 Å². The number of halogens is 1. The second kappa shape index (κ2) is 7.62. The van der Waals surface area contributed by atoms with Gasteiger partial charge >= 0.3 is 0 Å². The second-order valence-electron chi connectivity index (χ2n) is 6.03. The molecular formula is C18H21ClN4O. The molecule has 1 amide bonds. The Balaban J connectivity index is 1.66. The van der Waals surface area contributed by atoms with Gasteiger partial charge in [-0.25, -0.2) is 9.97 Å². The lowest BCUT2D eigenvalue weighted by atomic mass is 10.1. The monoisotopic (exact) mass is 344 g/mol. The maximum atomic E-state index is 12.4. The highest BCUT2D eigenvalue weighted by Crippen LogP contribution is 2.17. The first kappa shape index (κ1) is 16.7. The van der Waals surface area contributed by atoms with Crippen molar-refractivity contribution in [2.45, 2.75) is 32.7 Å². The number of hydrogen-bond acceptors (Lipinski definition) is 4. The molecule has 0 spiro atoms. The van der Waals surface area contributed by atoms with Crippen molar-refractivity contribution in [2.24, 2.45) is 0 Å². The van der Waals surface area contributed by atoms with Crippen LogP contribution in [0.2, 0.25) is 5.02 Å². The summed E-state index contributed by atoms with van der Waals surface area (Å²) in [7, 11) is 0. The molecule has 0 unspecified atom stereocenters. The van der Waals surface area contributed by atoms with Crippen molar-refractivity contribution < 1.29 is 4.79 Å². The topological polar surface area (TPSA) is 58.1 Å². The molecule has 5 nitrogen and oxygen atoms in total. The number of amides is 1. The van der Waals surface area contributed by atoms with E-state index in [1.807, 2.05) is 31.2 Å². The van der Waals surface area contributed by atoms with Crippen molar-refractivity contribution >= 4 is 23.5 Å². The Morgan fingerprint density at radius 2 is 2.08 bits per heavy atom. The Labute approximate surface area is 147 Å². The van der Waals surface area contributed by atoms with Crippen LogP contribution in [-0.4, -0.2) is 29.0 Å². The number of carbonyl (C=O) groups is 1. The van der Waals surface area contributed by atoms with Crippen LogP contribution in [0.25, 0.3) is 0 Å². The highest BCUT2D eigenvalue weighted by atomic mass is 35.5. The van der Waals surface area contributed by atoms with Crippen LogP contribution in [0.5, 0.6) is 0 Å². The maximum absolute atomic E-state index is 12.4. The summed E-state index contributed by atoms with van der Waals surface area (Å²) in [6.45, 7) is 4.25. The first-order valence-corrected chi connectivity index (χ1v) is 8.62. The number of piperidine rings is 1. The number of hydrogen-bond donors (Lipinski definition) is 1. The van der Waals surface area contributed by atoms with Crippen molar-refractivity contribution in [3.8, 4) is 0 Å². The van der Waals surface area contributed by atoms with Gasteiger partial charge in [0.05, 0.1) is 11.3 Å². The van der Waals surface area contributed by atoms with Gasteiger partial charge in [-0.05, 0) is 43.9 Å². The van der Waals surface area contributed by atoms with Crippen LogP contribution in [-0.2, 0) is 6.54 Å². The summed E-state index contributed by atoms with van der Waals surface area (Å²) in [5, 5.41) is 3.55. The van der Waals surface area contributed by atoms with Crippen LogP contribution in [0.1, 0.15) is 40.9 Å². The summed E-state index contributed by atoms with van der Waals surface area (Å²) in [5.74, 6) is 0.552. The number of aryl methyl sites for hydroxylation is 1. The van der Waals surface area contributed by atoms with E-state index in [0.29, 0.717) is 22.8 Å². The molecule has 1 N–H and O–H groups in total. The molecule has 1 aromatic heterocycles. The summed E-state index contributed by atoms with van der Waals surface area (Å²) in [4.78, 5) is 23.5. The zero-order chi connectivity index (χ0) is 16.9. The summed E-state index contributed by atoms with van der Waals surface area (Å²) < 4.78 is 0. The standard InChI is InChI=1S/C18H21ClN4O/c1-13-16(12-21-18(22-13)23-8-3-2-4-9-23)17(24)20-11-14-6-5-7-15(19)10-14/h5-7,10,12H,2-4,8-9,11H2,1H3,(H,20,24). The minimum Gasteiger partial charge on any atom is -0.348 e. The number of aromatic nitrogens is 2. The van der Waals surface area contributed by atoms with E-state index in [1.165, 1.54) is 19.3 Å². The molecule has 1 aromatic carbocycles. The fourth-order valence-electron chi connectivity index (χ4n) is 2.85. The van der Waals surface area contributed by atoms with E-state index < -0.39 is 0 Å². The third-order valence-electron chi connectivity index (χ3n) is 4.19. The Bertz CT molecular complexity index is 729. The Kier molecular flexibility index (Phi) is 5.30. The highest BCUT2D eigenvalue weighted by molar-refractivity contribution is 6.30. The summed E-state index contributed by atoms with van der Waals surface area (Å²) in [6, 6.07) is 7.44. The van der Waals surface area contributed by atoms with E-state index in [0.717, 1.165) is 24.6 Å². The summed E-state index contributed by atoms with van der Waals surface area (Å²) in [5.41, 5.74) is 2.17. The smallest absolute Gasteiger partial charge is 0.254 e. The Hall–Kier alpha value is -2.14. The normalized spacial score (nSPS) is 14.5. The molecule has 1 saturated heterocycles. The molecule has 2 heterocycles. The minimum absolute atomic E-state index is 0.169. The molecule has 0 atom stereocenters. The van der Waals surface area contributed by atoms with Gasteiger partial charge in [0, 0.05) is 30.9 Å². The molecule has 24 heavy (non-hydrogen) atoms. The first-order chi connectivity index (χ1) is 11.6. The zero-order valence-electron chi connectivity index (χ0n) is 13.8. The number of carbonyl (C=O) groups excluding carboxylic acids is 1. The molecular weight excluding hydrogens is 324 g/mol. The van der Waals surface area contributed by atoms with E-state index in [9.17, 15) is 4.79 Å². The van der Waals surface area contributed by atoms with E-state index in [4.69, 9.17) is 11.6 Å². The van der Waals surface area contributed by atoms with Crippen LogP contribution >= 0.6 is 11.6 Å². The molecule has 6 heteroatoms. The lowest BCUT2D eigenvalue weighted by Crippen LogP contribution is -2.31. The van der Waals surface area contributed by atoms with Crippen LogP contribution in [0.3, 0.4) is 0 Å². The third-order valence-corrected chi connectivity index (χ3v) is 4.43. The lowest BCUT2D eigenvalue weighted by Gasteiger charge is -2.26. The molecule has 0 radical (unpaired) electrons. The van der Waals surface area contributed by atoms with E-state index in [2.05, 4.69) is 20.2 Å². The van der Waals surface area contributed by atoms with Gasteiger partial charge in [-0.1, -0.05) is 23.7 Å². The second-order valence-corrected chi connectivity index (χ2v) is 6.47. The Morgan fingerprint density at radius 1 is 1.29 bits per heavy atom. The number of rotatable bonds is 4. The van der Waals surface area contributed by atoms with Gasteiger partial charge in [-0.2, -0.15) is 0 Å². The Morgan fingerprint density at radius 3 is 2.79 bits per heavy atom. The van der Waals surface area contributed by atoms with E-state index >= 15 is 0 Å². The third kappa shape index (κ3) is 4.03. The fraction of sp³-hybridized carbons (Fsp3) is 0.389. The summed E-state index contributed by atoms with van der Waals surface area (Å²) in [6.07, 6.45) is 5.23. The molecule has 3 rings (SSSR count). The van der Waals surface area contributed by atoms with E-state index in [1.54, 1.807) is 6.20 Å². The van der Waals surface area contributed by atoms with Crippen LogP contribution in [0, 0.1) is 6.92 Å². The largest absolute Gasteiger partial charge is 0.348 e. The maximum Gasteiger partial charge on any atom is 0.254 e. The molecule has 2 aromatic rings. The van der Waals surface area contributed by atoms with Gasteiger partial charge in [-0.3, -0.25) is 4.79 Å². The van der Waals surface area contributed by atoms with E-state index in [-0.39, 0.29) is 5.91 Å². The summed E-state index contributed by atoms with van der Waals surface area (Å²) >= 11 is 5.96. The zero-order valence-corrected chi connectivity index (χ0v) is 14.5. The number of anilines is 1. The van der Waals surface area contributed by atoms with Gasteiger partial charge in [0.15, 0.2) is 0 Å². The number of nitrogens with one attached hydrogen (secondary N) is 1. The van der Waals surface area contributed by atoms with Gasteiger partial charge in [0.1, 0.15) is 0 Å². The van der Waals surface area contributed by atoms with Gasteiger partial charge in [0.25, 0.3) is 5.91 Å². The fourth-order valence-corrected chi connectivity index (χ4v) is 3.06. The van der Waals surface area contributed by atoms with Crippen molar-refractivity contribution in [1.29, 1.82) is 0 Å². The van der Waals surface area contributed by atoms with Gasteiger partial charge in [0.2, 0.25) is 5.95 Å². The van der Waals surface area contributed by atoms with Crippen molar-refractivity contribution in [3.63, 3.8) is 0 Å². The number of nitrogens with zero attached hydrogens (tertiary/aromatic N) is 3. The molecule has 0 bridgehead atoms. The van der Waals surface area contributed by atoms with Crippen LogP contribution < -0.4 is 10.2 Å². The number of benzene rings is 1. The predicted octanol–water partition coefficient (Wildman–Crippen LogP) is 3.36. The predicted molar refractivity (Wildman–Crippen MR) is 95.5 cm³/mol. The van der Waals surface area contributed by atoms with Crippen molar-refractivity contribution in [1.82, 2.24) is 15.3 Å².